The van der Waals surface area contributed by atoms with Crippen molar-refractivity contribution in [2.45, 2.75) is 38.7 Å². The Morgan fingerprint density at radius 1 is 1.35 bits per heavy atom. The van der Waals surface area contributed by atoms with Crippen LogP contribution in [0.15, 0.2) is 24.3 Å². The summed E-state index contributed by atoms with van der Waals surface area (Å²) in [7, 11) is 11.8. The number of carbonyl (C=O) groups is 1. The van der Waals surface area contributed by atoms with Gasteiger partial charge >= 0.3 is 133 Å². The maximum atomic E-state index is 12.3. The second-order valence-corrected chi connectivity index (χ2v) is 10.7. The molecule has 1 aliphatic rings. The second kappa shape index (κ2) is 7.68. The van der Waals surface area contributed by atoms with Gasteiger partial charge in [0.2, 0.25) is 0 Å². The molecule has 2 nitrogen and oxygen atoms in total. The first kappa shape index (κ1) is 16.1. The molecule has 0 aromatic heterocycles. The Balaban J connectivity index is 2.09. The number of Topliss-reactive ketones (excluding diaryl/α,β-unsaturated/α-hetero) is 1. The van der Waals surface area contributed by atoms with Crippen molar-refractivity contribution in [1.82, 2.24) is 0 Å². The predicted molar refractivity (Wildman–Crippen MR) is 80.4 cm³/mol. The summed E-state index contributed by atoms with van der Waals surface area (Å²) in [6, 6.07) is 7.57. The molecule has 2 rings (SSSR count). The molecule has 0 N–H and O–H groups in total. The third kappa shape index (κ3) is 4.38. The average molecular weight is 402 g/mol. The third-order valence-corrected chi connectivity index (χ3v) is 5.40. The van der Waals surface area contributed by atoms with Crippen LogP contribution in [0, 0.1) is 5.92 Å². The zero-order valence-electron chi connectivity index (χ0n) is 11.3. The molecule has 1 atom stereocenters. The Morgan fingerprint density at radius 2 is 2.00 bits per heavy atom. The van der Waals surface area contributed by atoms with Gasteiger partial charge in [-0.15, -0.1) is 0 Å². The number of para-hydroxylation sites is 1. The van der Waals surface area contributed by atoms with Crippen LogP contribution in [0.3, 0.4) is 0 Å². The van der Waals surface area contributed by atoms with Crippen LogP contribution in [-0.4, -0.2) is 16.5 Å². The van der Waals surface area contributed by atoms with Gasteiger partial charge in [0.1, 0.15) is 0 Å². The molecule has 112 valence electrons. The zero-order chi connectivity index (χ0) is 14.5. The van der Waals surface area contributed by atoms with Crippen molar-refractivity contribution >= 4 is 29.8 Å². The molecule has 1 unspecified atom stereocenters. The zero-order valence-corrected chi connectivity index (χ0v) is 14.5. The number of benzene rings is 1. The van der Waals surface area contributed by atoms with E-state index in [1.54, 1.807) is 0 Å². The van der Waals surface area contributed by atoms with E-state index in [0.717, 1.165) is 31.2 Å². The fourth-order valence-corrected chi connectivity index (χ4v) is 4.35. The topological polar surface area (TPSA) is 26.3 Å². The SMILES string of the molecule is CC(Oc1ccccc1[CH]=[Ru]([Cl])[Cl])C(=O)C1CCCC1. The van der Waals surface area contributed by atoms with E-state index in [2.05, 4.69) is 0 Å². The molecular formula is C15H18Cl2O2Ru. The first-order chi connectivity index (χ1) is 9.58. The summed E-state index contributed by atoms with van der Waals surface area (Å²) in [5.41, 5.74) is 0.877. The van der Waals surface area contributed by atoms with E-state index in [0.29, 0.717) is 5.75 Å². The molecule has 0 bridgehead atoms. The first-order valence-electron chi connectivity index (χ1n) is 6.70. The molecule has 20 heavy (non-hydrogen) atoms. The summed E-state index contributed by atoms with van der Waals surface area (Å²) >= 11 is -1.90. The van der Waals surface area contributed by atoms with E-state index in [-0.39, 0.29) is 11.7 Å². The van der Waals surface area contributed by atoms with Crippen molar-refractivity contribution in [3.05, 3.63) is 29.8 Å². The van der Waals surface area contributed by atoms with Crippen molar-refractivity contribution < 1.29 is 23.0 Å². The van der Waals surface area contributed by atoms with Gasteiger partial charge in [0, 0.05) is 0 Å². The summed E-state index contributed by atoms with van der Waals surface area (Å²) in [4.78, 5) is 12.3. The van der Waals surface area contributed by atoms with E-state index in [1.165, 1.54) is 0 Å². The Bertz CT molecular complexity index is 506. The van der Waals surface area contributed by atoms with Crippen LogP contribution >= 0.6 is 19.4 Å². The van der Waals surface area contributed by atoms with Gasteiger partial charge in [-0.05, 0) is 0 Å². The van der Waals surface area contributed by atoms with Crippen LogP contribution in [0.5, 0.6) is 5.75 Å². The molecule has 1 fully saturated rings. The van der Waals surface area contributed by atoms with E-state index < -0.39 is 19.6 Å². The van der Waals surface area contributed by atoms with Gasteiger partial charge in [0.15, 0.2) is 0 Å². The molecule has 1 aromatic carbocycles. The Hall–Kier alpha value is -0.237. The molecule has 1 saturated carbocycles. The van der Waals surface area contributed by atoms with Crippen LogP contribution < -0.4 is 4.74 Å². The quantitative estimate of drug-likeness (QED) is 0.687. The summed E-state index contributed by atoms with van der Waals surface area (Å²) in [5.74, 6) is 1.07. The van der Waals surface area contributed by atoms with Crippen LogP contribution in [0.2, 0.25) is 0 Å². The number of carbonyl (C=O) groups excluding carboxylic acids is 1. The number of ketones is 1. The molecule has 0 amide bonds. The van der Waals surface area contributed by atoms with Gasteiger partial charge < -0.3 is 0 Å². The predicted octanol–water partition coefficient (Wildman–Crippen LogP) is 4.29. The summed E-state index contributed by atoms with van der Waals surface area (Å²) in [5, 5.41) is 0. The fraction of sp³-hybridized carbons (Fsp3) is 0.467. The Kier molecular flexibility index (Phi) is 6.20. The molecule has 0 saturated heterocycles. The van der Waals surface area contributed by atoms with E-state index in [1.807, 2.05) is 35.8 Å². The molecule has 5 heteroatoms. The number of hydrogen-bond acceptors (Lipinski definition) is 2. The number of hydrogen-bond donors (Lipinski definition) is 0. The van der Waals surface area contributed by atoms with Gasteiger partial charge in [-0.2, -0.15) is 0 Å². The average Bonchev–Trinajstić information content (AvgIpc) is 2.93. The van der Waals surface area contributed by atoms with Crippen molar-refractivity contribution in [1.29, 1.82) is 0 Å². The molecular weight excluding hydrogens is 384 g/mol. The van der Waals surface area contributed by atoms with Gasteiger partial charge in [0.05, 0.1) is 0 Å². The van der Waals surface area contributed by atoms with Crippen LogP contribution in [-0.2, 0) is 18.3 Å². The Morgan fingerprint density at radius 3 is 2.65 bits per heavy atom. The first-order valence-corrected chi connectivity index (χ1v) is 12.2. The van der Waals surface area contributed by atoms with Crippen LogP contribution in [0.4, 0.5) is 0 Å². The molecule has 0 spiro atoms. The van der Waals surface area contributed by atoms with E-state index >= 15 is 0 Å². The fourth-order valence-electron chi connectivity index (χ4n) is 2.55. The normalized spacial score (nSPS) is 17.6. The number of ether oxygens (including phenoxy) is 1. The standard InChI is InChI=1S/C15H18O2.2ClH.Ru/c1-11-7-3-6-10-14(11)17-12(2)15(16)13-8-4-5-9-13;;;/h1,3,6-7,10,12-13H,4-5,8-9H2,2H3;2*1H;/q;;;+2/p-2. The number of rotatable bonds is 5. The van der Waals surface area contributed by atoms with Gasteiger partial charge in [-0.1, -0.05) is 0 Å². The monoisotopic (exact) mass is 402 g/mol. The van der Waals surface area contributed by atoms with E-state index in [9.17, 15) is 4.79 Å². The van der Waals surface area contributed by atoms with Crippen molar-refractivity contribution in [3.8, 4) is 5.75 Å². The second-order valence-electron chi connectivity index (χ2n) is 4.99. The van der Waals surface area contributed by atoms with Crippen LogP contribution in [0.25, 0.3) is 0 Å². The molecule has 0 radical (unpaired) electrons. The molecule has 1 aromatic rings. The molecule has 0 heterocycles. The van der Waals surface area contributed by atoms with Gasteiger partial charge in [0.25, 0.3) is 0 Å². The molecule has 0 aliphatic heterocycles. The van der Waals surface area contributed by atoms with Crippen molar-refractivity contribution in [3.63, 3.8) is 0 Å². The summed E-state index contributed by atoms with van der Waals surface area (Å²) < 4.78 is 7.69. The van der Waals surface area contributed by atoms with Crippen LogP contribution in [0.1, 0.15) is 38.2 Å². The van der Waals surface area contributed by atoms with Crippen molar-refractivity contribution in [2.24, 2.45) is 5.92 Å². The van der Waals surface area contributed by atoms with E-state index in [4.69, 9.17) is 24.1 Å². The van der Waals surface area contributed by atoms with Gasteiger partial charge in [-0.3, -0.25) is 0 Å². The molecule has 1 aliphatic carbocycles. The minimum absolute atomic E-state index is 0.171. The summed E-state index contributed by atoms with van der Waals surface area (Å²) in [6.45, 7) is 1.83. The summed E-state index contributed by atoms with van der Waals surface area (Å²) in [6.07, 6.45) is 3.88. The minimum atomic E-state index is -1.90. The number of halogens is 2. The van der Waals surface area contributed by atoms with Gasteiger partial charge in [-0.25, -0.2) is 0 Å². The third-order valence-electron chi connectivity index (χ3n) is 3.57. The maximum absolute atomic E-state index is 12.3. The Labute approximate surface area is 132 Å². The van der Waals surface area contributed by atoms with Crippen molar-refractivity contribution in [2.75, 3.05) is 0 Å².